The Bertz CT molecular complexity index is 372. The number of carbonyl (C=O) groups is 2. The fraction of sp³-hybridized carbons (Fsp3) is 0.842. The highest BCUT2D eigenvalue weighted by Gasteiger charge is 2.11. The van der Waals surface area contributed by atoms with Gasteiger partial charge in [0.25, 0.3) is 5.97 Å². The first kappa shape index (κ1) is 26.4. The molecule has 0 aliphatic rings. The maximum atomic E-state index is 11.9. The lowest BCUT2D eigenvalue weighted by molar-refractivity contribution is -0.134. The van der Waals surface area contributed by atoms with Crippen LogP contribution >= 0.6 is 0 Å². The van der Waals surface area contributed by atoms with Crippen LogP contribution in [0.3, 0.4) is 0 Å². The molecule has 0 aromatic carbocycles. The summed E-state index contributed by atoms with van der Waals surface area (Å²) in [7, 11) is 0. The normalized spacial score (nSPS) is 11.0. The number of amides is 1. The molecule has 0 aliphatic heterocycles. The number of unbranched alkanes of at least 4 members (excludes halogenated alkanes) is 8. The highest BCUT2D eigenvalue weighted by atomic mass is 16.4. The van der Waals surface area contributed by atoms with Gasteiger partial charge in [0.15, 0.2) is 5.96 Å². The molecule has 0 aromatic heterocycles. The monoisotopic (exact) mass is 372 g/mol. The summed E-state index contributed by atoms with van der Waals surface area (Å²) in [6.07, 6.45) is 13.3. The predicted molar refractivity (Wildman–Crippen MR) is 107 cm³/mol. The van der Waals surface area contributed by atoms with Gasteiger partial charge in [0.1, 0.15) is 6.17 Å². The lowest BCUT2D eigenvalue weighted by atomic mass is 10.1. The van der Waals surface area contributed by atoms with E-state index in [-0.39, 0.29) is 18.0 Å². The van der Waals surface area contributed by atoms with E-state index in [1.165, 1.54) is 44.9 Å². The number of aliphatic carboxylic acids is 1. The van der Waals surface area contributed by atoms with Crippen molar-refractivity contribution in [3.05, 3.63) is 0 Å². The second-order valence-electron chi connectivity index (χ2n) is 6.56. The number of carbonyl (C=O) groups excluding carboxylic acids is 1. The number of rotatable bonds is 14. The van der Waals surface area contributed by atoms with E-state index in [2.05, 4.69) is 17.6 Å². The molecule has 0 heterocycles. The highest BCUT2D eigenvalue weighted by molar-refractivity contribution is 5.78. The molecule has 7 heteroatoms. The second-order valence-corrected chi connectivity index (χ2v) is 6.56. The van der Waals surface area contributed by atoms with E-state index in [0.29, 0.717) is 6.42 Å². The van der Waals surface area contributed by atoms with Crippen molar-refractivity contribution < 1.29 is 14.7 Å². The summed E-state index contributed by atoms with van der Waals surface area (Å²) in [5, 5.41) is 20.3. The molecule has 0 spiro atoms. The Labute approximate surface area is 159 Å². The van der Waals surface area contributed by atoms with Crippen LogP contribution in [0.25, 0.3) is 0 Å². The number of hydrogen-bond acceptors (Lipinski definition) is 3. The van der Waals surface area contributed by atoms with Gasteiger partial charge in [-0.25, -0.2) is 0 Å². The number of hydrogen-bond donors (Lipinski definition) is 5. The molecule has 0 saturated heterocycles. The van der Waals surface area contributed by atoms with Crippen LogP contribution in [0.5, 0.6) is 0 Å². The van der Waals surface area contributed by atoms with Crippen LogP contribution in [0.4, 0.5) is 0 Å². The first-order chi connectivity index (χ1) is 12.3. The maximum absolute atomic E-state index is 11.9. The first-order valence-corrected chi connectivity index (χ1v) is 9.92. The minimum atomic E-state index is -0.833. The zero-order chi connectivity index (χ0) is 20.2. The van der Waals surface area contributed by atoms with Gasteiger partial charge in [0.05, 0.1) is 0 Å². The van der Waals surface area contributed by atoms with Crippen molar-refractivity contribution in [3.8, 4) is 0 Å². The van der Waals surface area contributed by atoms with Gasteiger partial charge in [-0.05, 0) is 12.8 Å². The van der Waals surface area contributed by atoms with Crippen molar-refractivity contribution in [1.29, 1.82) is 5.41 Å². The van der Waals surface area contributed by atoms with Gasteiger partial charge in [0.2, 0.25) is 5.91 Å². The van der Waals surface area contributed by atoms with E-state index in [9.17, 15) is 4.79 Å². The average molecular weight is 373 g/mol. The fourth-order valence-corrected chi connectivity index (χ4v) is 2.52. The Hall–Kier alpha value is -1.79. The lowest BCUT2D eigenvalue weighted by Crippen LogP contribution is -2.49. The zero-order valence-corrected chi connectivity index (χ0v) is 16.9. The average Bonchev–Trinajstić information content (AvgIpc) is 2.52. The van der Waals surface area contributed by atoms with Gasteiger partial charge in [-0.3, -0.25) is 15.0 Å². The maximum Gasteiger partial charge on any atom is 0.300 e. The van der Waals surface area contributed by atoms with E-state index < -0.39 is 5.97 Å². The molecule has 26 heavy (non-hydrogen) atoms. The number of guanidine groups is 1. The Kier molecular flexibility index (Phi) is 19.9. The SMILES string of the molecule is CC(=O)O.CCCCCCCCCCCC(=O)NC(CCC)NC(=N)N. The zero-order valence-electron chi connectivity index (χ0n) is 16.9. The molecule has 7 nitrogen and oxygen atoms in total. The number of carboxylic acids is 1. The molecule has 0 saturated carbocycles. The largest absolute Gasteiger partial charge is 0.481 e. The van der Waals surface area contributed by atoms with E-state index in [1.807, 2.05) is 6.92 Å². The molecule has 0 rings (SSSR count). The molecule has 0 bridgehead atoms. The smallest absolute Gasteiger partial charge is 0.300 e. The molecule has 6 N–H and O–H groups in total. The van der Waals surface area contributed by atoms with Crippen molar-refractivity contribution in [3.63, 3.8) is 0 Å². The summed E-state index contributed by atoms with van der Waals surface area (Å²) in [5.74, 6) is -0.878. The molecular formula is C19H40N4O3. The molecule has 1 unspecified atom stereocenters. The molecule has 1 atom stereocenters. The Morgan fingerprint density at radius 3 is 1.81 bits per heavy atom. The van der Waals surface area contributed by atoms with Crippen molar-refractivity contribution in [2.24, 2.45) is 5.73 Å². The Balaban J connectivity index is 0. The van der Waals surface area contributed by atoms with E-state index in [0.717, 1.165) is 32.6 Å². The van der Waals surface area contributed by atoms with Gasteiger partial charge in [0, 0.05) is 13.3 Å². The van der Waals surface area contributed by atoms with Gasteiger partial charge < -0.3 is 21.5 Å². The summed E-state index contributed by atoms with van der Waals surface area (Å²) in [5.41, 5.74) is 5.32. The molecule has 154 valence electrons. The highest BCUT2D eigenvalue weighted by Crippen LogP contribution is 2.10. The molecule has 0 aliphatic carbocycles. The third-order valence-corrected chi connectivity index (χ3v) is 3.75. The standard InChI is InChI=1S/C17H36N4O.C2H4O2/c1-3-5-6-7-8-9-10-11-12-14-16(22)20-15(13-4-2)21-17(18)19;1-2(3)4/h15H,3-14H2,1-2H3,(H,20,22)(H4,18,19,21);1H3,(H,3,4). The van der Waals surface area contributed by atoms with Crippen molar-refractivity contribution in [1.82, 2.24) is 10.6 Å². The fourth-order valence-electron chi connectivity index (χ4n) is 2.52. The molecular weight excluding hydrogens is 332 g/mol. The van der Waals surface area contributed by atoms with Crippen molar-refractivity contribution >= 4 is 17.8 Å². The number of carboxylic acid groups (broad SMARTS) is 1. The third kappa shape index (κ3) is 24.5. The second kappa shape index (κ2) is 19.5. The number of nitrogens with two attached hydrogens (primary N) is 1. The van der Waals surface area contributed by atoms with Crippen molar-refractivity contribution in [2.45, 2.75) is 104 Å². The summed E-state index contributed by atoms with van der Waals surface area (Å²) in [4.78, 5) is 20.9. The van der Waals surface area contributed by atoms with Crippen LogP contribution in [0.15, 0.2) is 0 Å². The Morgan fingerprint density at radius 2 is 1.38 bits per heavy atom. The van der Waals surface area contributed by atoms with E-state index in [1.54, 1.807) is 0 Å². The van der Waals surface area contributed by atoms with Gasteiger partial charge in [-0.1, -0.05) is 71.6 Å². The van der Waals surface area contributed by atoms with Gasteiger partial charge in [-0.2, -0.15) is 0 Å². The topological polar surface area (TPSA) is 128 Å². The van der Waals surface area contributed by atoms with Crippen LogP contribution in [0.1, 0.15) is 97.8 Å². The van der Waals surface area contributed by atoms with Crippen LogP contribution in [0.2, 0.25) is 0 Å². The van der Waals surface area contributed by atoms with Crippen LogP contribution in [0, 0.1) is 5.41 Å². The van der Waals surface area contributed by atoms with Crippen LogP contribution < -0.4 is 16.4 Å². The minimum absolute atomic E-state index is 0.0511. The van der Waals surface area contributed by atoms with Gasteiger partial charge >= 0.3 is 0 Å². The minimum Gasteiger partial charge on any atom is -0.481 e. The molecule has 0 fully saturated rings. The first-order valence-electron chi connectivity index (χ1n) is 9.92. The van der Waals surface area contributed by atoms with Crippen molar-refractivity contribution in [2.75, 3.05) is 0 Å². The Morgan fingerprint density at radius 1 is 0.923 bits per heavy atom. The van der Waals surface area contributed by atoms with Crippen LogP contribution in [-0.4, -0.2) is 29.1 Å². The van der Waals surface area contributed by atoms with Gasteiger partial charge in [-0.15, -0.1) is 0 Å². The molecule has 0 aromatic rings. The summed E-state index contributed by atoms with van der Waals surface area (Å²) in [6.45, 7) is 5.36. The third-order valence-electron chi connectivity index (χ3n) is 3.75. The summed E-state index contributed by atoms with van der Waals surface area (Å²) in [6, 6.07) is 0. The van der Waals surface area contributed by atoms with E-state index in [4.69, 9.17) is 21.0 Å². The predicted octanol–water partition coefficient (Wildman–Crippen LogP) is 3.72. The molecule has 1 amide bonds. The molecule has 0 radical (unpaired) electrons. The lowest BCUT2D eigenvalue weighted by Gasteiger charge is -2.19. The number of nitrogens with one attached hydrogen (secondary N) is 3. The van der Waals surface area contributed by atoms with Crippen LogP contribution in [-0.2, 0) is 9.59 Å². The summed E-state index contributed by atoms with van der Waals surface area (Å²) < 4.78 is 0. The summed E-state index contributed by atoms with van der Waals surface area (Å²) >= 11 is 0. The van der Waals surface area contributed by atoms with E-state index >= 15 is 0 Å². The quantitative estimate of drug-likeness (QED) is 0.137.